The van der Waals surface area contributed by atoms with Crippen LogP contribution in [-0.2, 0) is 11.0 Å². The van der Waals surface area contributed by atoms with Crippen LogP contribution in [0, 0.1) is 5.82 Å². The van der Waals surface area contributed by atoms with Crippen LogP contribution in [0.15, 0.2) is 48.7 Å². The molecule has 0 radical (unpaired) electrons. The van der Waals surface area contributed by atoms with Crippen LogP contribution in [0.25, 0.3) is 0 Å². The van der Waals surface area contributed by atoms with Crippen LogP contribution in [0.3, 0.4) is 0 Å². The van der Waals surface area contributed by atoms with Crippen LogP contribution in [-0.4, -0.2) is 37.3 Å². The van der Waals surface area contributed by atoms with E-state index in [1.807, 2.05) is 0 Å². The molecule has 158 valence electrons. The zero-order valence-electron chi connectivity index (χ0n) is 15.9. The summed E-state index contributed by atoms with van der Waals surface area (Å²) in [7, 11) is -0.186. The number of hydrazine groups is 1. The molecule has 0 amide bonds. The summed E-state index contributed by atoms with van der Waals surface area (Å²) in [5.74, 6) is -0.204. The number of anilines is 5. The molecule has 0 fully saturated rings. The van der Waals surface area contributed by atoms with Gasteiger partial charge in [0.15, 0.2) is 11.6 Å². The van der Waals surface area contributed by atoms with Crippen molar-refractivity contribution in [2.75, 3.05) is 29.4 Å². The lowest BCUT2D eigenvalue weighted by molar-refractivity contribution is 0.0373. The molecule has 1 heterocycles. The van der Waals surface area contributed by atoms with Crippen molar-refractivity contribution in [3.8, 4) is 5.75 Å². The molecule has 0 bridgehead atoms. The lowest BCUT2D eigenvalue weighted by Gasteiger charge is -2.17. The minimum Gasteiger partial charge on any atom is -0.495 e. The van der Waals surface area contributed by atoms with Gasteiger partial charge in [0.2, 0.25) is 5.95 Å². The predicted molar refractivity (Wildman–Crippen MR) is 114 cm³/mol. The third-order valence-electron chi connectivity index (χ3n) is 3.79. The molecular weight excluding hydrogens is 435 g/mol. The van der Waals surface area contributed by atoms with E-state index in [-0.39, 0.29) is 11.8 Å². The van der Waals surface area contributed by atoms with Gasteiger partial charge in [-0.1, -0.05) is 23.7 Å². The van der Waals surface area contributed by atoms with Crippen molar-refractivity contribution in [2.45, 2.75) is 0 Å². The average molecular weight is 453 g/mol. The standard InChI is InChI=1S/C18H18ClFN6O3S/c1-29-16-9-11(7-8-12(16)19)22-18-21-10-13(20)17(24-18)23-14-5-3-4-6-15(14)25-26(27)30(2)28/h3-10,25,27H,1-2H3,(H2,21,22,23,24). The van der Waals surface area contributed by atoms with Crippen molar-refractivity contribution >= 4 is 51.4 Å². The van der Waals surface area contributed by atoms with Crippen molar-refractivity contribution in [1.29, 1.82) is 0 Å². The maximum atomic E-state index is 14.3. The van der Waals surface area contributed by atoms with Gasteiger partial charge < -0.3 is 15.4 Å². The Labute approximate surface area is 179 Å². The van der Waals surface area contributed by atoms with Gasteiger partial charge in [0, 0.05) is 18.0 Å². The summed E-state index contributed by atoms with van der Waals surface area (Å²) in [6.07, 6.45) is 2.30. The maximum Gasteiger partial charge on any atom is 0.229 e. The fourth-order valence-electron chi connectivity index (χ4n) is 2.37. The number of hydrogen-bond acceptors (Lipinski definition) is 8. The first-order chi connectivity index (χ1) is 14.4. The van der Waals surface area contributed by atoms with Crippen molar-refractivity contribution in [3.63, 3.8) is 0 Å². The van der Waals surface area contributed by atoms with E-state index in [0.717, 1.165) is 6.20 Å². The molecule has 0 aliphatic rings. The van der Waals surface area contributed by atoms with Gasteiger partial charge in [-0.25, -0.2) is 13.6 Å². The first kappa shape index (κ1) is 21.7. The van der Waals surface area contributed by atoms with Crippen LogP contribution in [0.2, 0.25) is 5.02 Å². The van der Waals surface area contributed by atoms with Crippen LogP contribution in [0.4, 0.5) is 33.2 Å². The molecule has 1 atom stereocenters. The fourth-order valence-corrected chi connectivity index (χ4v) is 2.79. The van der Waals surface area contributed by atoms with Gasteiger partial charge in [-0.3, -0.25) is 10.6 Å². The number of ether oxygens (including phenoxy) is 1. The monoisotopic (exact) mass is 452 g/mol. The molecule has 0 aliphatic heterocycles. The highest BCUT2D eigenvalue weighted by Gasteiger charge is 2.13. The molecule has 3 rings (SSSR count). The quantitative estimate of drug-likeness (QED) is 0.378. The van der Waals surface area contributed by atoms with Gasteiger partial charge in [0.25, 0.3) is 0 Å². The van der Waals surface area contributed by atoms with Gasteiger partial charge >= 0.3 is 0 Å². The van der Waals surface area contributed by atoms with Gasteiger partial charge in [0.05, 0.1) is 29.7 Å². The Morgan fingerprint density at radius 1 is 1.20 bits per heavy atom. The summed E-state index contributed by atoms with van der Waals surface area (Å²) in [6.45, 7) is 0. The van der Waals surface area contributed by atoms with Crippen LogP contribution < -0.4 is 20.8 Å². The molecule has 0 saturated heterocycles. The van der Waals surface area contributed by atoms with E-state index in [2.05, 4.69) is 26.0 Å². The molecule has 30 heavy (non-hydrogen) atoms. The van der Waals surface area contributed by atoms with E-state index < -0.39 is 16.8 Å². The summed E-state index contributed by atoms with van der Waals surface area (Å²) >= 11 is 6.02. The molecule has 4 N–H and O–H groups in total. The summed E-state index contributed by atoms with van der Waals surface area (Å²) in [6, 6.07) is 11.6. The molecule has 0 aliphatic carbocycles. The minimum atomic E-state index is -1.68. The molecule has 1 aromatic heterocycles. The number of nitrogens with one attached hydrogen (secondary N) is 3. The molecule has 12 heteroatoms. The SMILES string of the molecule is COc1cc(Nc2ncc(F)c(Nc3ccccc3NN(O)S(C)=O)n2)ccc1Cl. The second-order valence-electron chi connectivity index (χ2n) is 5.84. The highest BCUT2D eigenvalue weighted by molar-refractivity contribution is 7.81. The fraction of sp³-hybridized carbons (Fsp3) is 0.111. The van der Waals surface area contributed by atoms with E-state index in [4.69, 9.17) is 16.3 Å². The van der Waals surface area contributed by atoms with Gasteiger partial charge in [-0.2, -0.15) is 4.98 Å². The topological polar surface area (TPSA) is 112 Å². The van der Waals surface area contributed by atoms with Crippen molar-refractivity contribution in [3.05, 3.63) is 59.5 Å². The van der Waals surface area contributed by atoms with Crippen LogP contribution in [0.5, 0.6) is 5.75 Å². The highest BCUT2D eigenvalue weighted by atomic mass is 35.5. The van der Waals surface area contributed by atoms with Crippen LogP contribution >= 0.6 is 11.6 Å². The summed E-state index contributed by atoms with van der Waals surface area (Å²) in [5.41, 5.74) is 3.87. The number of methoxy groups -OCH3 is 1. The van der Waals surface area contributed by atoms with Gasteiger partial charge in [-0.05, 0) is 28.8 Å². The Morgan fingerprint density at radius 2 is 1.93 bits per heavy atom. The second kappa shape index (κ2) is 9.67. The average Bonchev–Trinajstić information content (AvgIpc) is 2.73. The summed E-state index contributed by atoms with van der Waals surface area (Å²) in [4.78, 5) is 8.08. The Kier molecular flexibility index (Phi) is 7.00. The molecular formula is C18H18ClFN6O3S. The molecule has 3 aromatic rings. The van der Waals surface area contributed by atoms with Crippen LogP contribution in [0.1, 0.15) is 0 Å². The normalized spacial score (nSPS) is 11.8. The molecule has 0 spiro atoms. The molecule has 1 unspecified atom stereocenters. The van der Waals surface area contributed by atoms with Gasteiger partial charge in [-0.15, -0.1) is 0 Å². The zero-order chi connectivity index (χ0) is 21.7. The number of rotatable bonds is 8. The number of hydrogen-bond donors (Lipinski definition) is 4. The third kappa shape index (κ3) is 5.33. The molecule has 9 nitrogen and oxygen atoms in total. The van der Waals surface area contributed by atoms with Crippen molar-refractivity contribution in [2.24, 2.45) is 0 Å². The first-order valence-corrected chi connectivity index (χ1v) is 10.3. The van der Waals surface area contributed by atoms with Gasteiger partial charge in [0.1, 0.15) is 16.7 Å². The van der Waals surface area contributed by atoms with E-state index in [0.29, 0.717) is 32.4 Å². The van der Waals surface area contributed by atoms with Crippen molar-refractivity contribution in [1.82, 2.24) is 14.5 Å². The number of nitrogens with zero attached hydrogens (tertiary/aromatic N) is 3. The third-order valence-corrected chi connectivity index (χ3v) is 4.68. The predicted octanol–water partition coefficient (Wildman–Crippen LogP) is 4.08. The summed E-state index contributed by atoms with van der Waals surface area (Å²) < 4.78 is 31.3. The lowest BCUT2D eigenvalue weighted by Crippen LogP contribution is -2.27. The van der Waals surface area contributed by atoms with Crippen molar-refractivity contribution < 1.29 is 18.5 Å². The zero-order valence-corrected chi connectivity index (χ0v) is 17.5. The smallest absolute Gasteiger partial charge is 0.229 e. The molecule has 0 saturated carbocycles. The second-order valence-corrected chi connectivity index (χ2v) is 7.44. The Morgan fingerprint density at radius 3 is 2.63 bits per heavy atom. The number of benzene rings is 2. The van der Waals surface area contributed by atoms with E-state index in [1.165, 1.54) is 13.4 Å². The van der Waals surface area contributed by atoms with E-state index >= 15 is 0 Å². The minimum absolute atomic E-state index is 0.107. The molecule has 2 aromatic carbocycles. The largest absolute Gasteiger partial charge is 0.495 e. The number of halogens is 2. The maximum absolute atomic E-state index is 14.3. The lowest BCUT2D eigenvalue weighted by atomic mass is 10.2. The highest BCUT2D eigenvalue weighted by Crippen LogP contribution is 2.30. The number of para-hydroxylation sites is 2. The Balaban J connectivity index is 1.84. The Hall–Kier alpha value is -2.99. The van der Waals surface area contributed by atoms with E-state index in [1.54, 1.807) is 42.5 Å². The first-order valence-electron chi connectivity index (χ1n) is 8.45. The summed E-state index contributed by atoms with van der Waals surface area (Å²) in [5, 5.41) is 15.9. The number of aromatic nitrogens is 2. The Bertz CT molecular complexity index is 1070. The van der Waals surface area contributed by atoms with E-state index in [9.17, 15) is 13.8 Å².